The van der Waals surface area contributed by atoms with Gasteiger partial charge in [-0.3, -0.25) is 4.79 Å². The number of aliphatic hydroxyl groups excluding tert-OH is 3. The fourth-order valence-corrected chi connectivity index (χ4v) is 5.71. The van der Waals surface area contributed by atoms with Crippen molar-refractivity contribution in [2.45, 2.75) is 212 Å². The van der Waals surface area contributed by atoms with Crippen molar-refractivity contribution in [2.75, 3.05) is 6.61 Å². The molecule has 0 aromatic rings. The van der Waals surface area contributed by atoms with Crippen LogP contribution in [0.3, 0.4) is 0 Å². The Morgan fingerprint density at radius 1 is 0.545 bits per heavy atom. The SMILES string of the molecule is CCCCCCCCC/C=C\CCCCCCC(O)C(=O)NC(CO)C(O)/C=C/CCCCCCCCCCCCCCC. The van der Waals surface area contributed by atoms with Crippen LogP contribution in [0.25, 0.3) is 0 Å². The van der Waals surface area contributed by atoms with E-state index in [2.05, 4.69) is 31.3 Å². The quantitative estimate of drug-likeness (QED) is 0.0425. The Labute approximate surface area is 273 Å². The van der Waals surface area contributed by atoms with E-state index in [9.17, 15) is 20.1 Å². The lowest BCUT2D eigenvalue weighted by Crippen LogP contribution is -2.48. The highest BCUT2D eigenvalue weighted by Gasteiger charge is 2.22. The topological polar surface area (TPSA) is 89.8 Å². The summed E-state index contributed by atoms with van der Waals surface area (Å²) < 4.78 is 0. The van der Waals surface area contributed by atoms with Gasteiger partial charge in [0.1, 0.15) is 6.10 Å². The van der Waals surface area contributed by atoms with Crippen LogP contribution in [0.15, 0.2) is 24.3 Å². The zero-order valence-electron chi connectivity index (χ0n) is 29.3. The second-order valence-corrected chi connectivity index (χ2v) is 13.1. The van der Waals surface area contributed by atoms with Crippen molar-refractivity contribution in [3.63, 3.8) is 0 Å². The fraction of sp³-hybridized carbons (Fsp3) is 0.872. The van der Waals surface area contributed by atoms with E-state index in [0.29, 0.717) is 6.42 Å². The third-order valence-corrected chi connectivity index (χ3v) is 8.79. The van der Waals surface area contributed by atoms with Gasteiger partial charge >= 0.3 is 0 Å². The molecule has 0 bridgehead atoms. The molecule has 0 saturated heterocycles. The first-order chi connectivity index (χ1) is 21.6. The Balaban J connectivity index is 3.76. The molecular weight excluding hydrogens is 546 g/mol. The number of allylic oxidation sites excluding steroid dienone is 3. The first-order valence-electron chi connectivity index (χ1n) is 19.2. The molecule has 0 aromatic carbocycles. The van der Waals surface area contributed by atoms with Gasteiger partial charge in [0.25, 0.3) is 0 Å². The van der Waals surface area contributed by atoms with Gasteiger partial charge in [-0.05, 0) is 44.9 Å². The monoisotopic (exact) mass is 622 g/mol. The van der Waals surface area contributed by atoms with Gasteiger partial charge in [-0.2, -0.15) is 0 Å². The Bertz CT molecular complexity index is 650. The minimum Gasteiger partial charge on any atom is -0.394 e. The van der Waals surface area contributed by atoms with Crippen LogP contribution < -0.4 is 5.32 Å². The second-order valence-electron chi connectivity index (χ2n) is 13.1. The molecule has 5 heteroatoms. The molecule has 0 aromatic heterocycles. The van der Waals surface area contributed by atoms with Crippen molar-refractivity contribution in [3.05, 3.63) is 24.3 Å². The largest absolute Gasteiger partial charge is 0.394 e. The van der Waals surface area contributed by atoms with E-state index in [-0.39, 0.29) is 6.61 Å². The van der Waals surface area contributed by atoms with Crippen molar-refractivity contribution in [3.8, 4) is 0 Å². The van der Waals surface area contributed by atoms with Crippen molar-refractivity contribution in [1.29, 1.82) is 0 Å². The van der Waals surface area contributed by atoms with Crippen LogP contribution in [0.4, 0.5) is 0 Å². The number of nitrogens with one attached hydrogen (secondary N) is 1. The lowest BCUT2D eigenvalue weighted by Gasteiger charge is -2.21. The predicted octanol–water partition coefficient (Wildman–Crippen LogP) is 10.3. The average Bonchev–Trinajstić information content (AvgIpc) is 3.03. The molecule has 0 fully saturated rings. The first kappa shape index (κ1) is 42.8. The van der Waals surface area contributed by atoms with Crippen LogP contribution >= 0.6 is 0 Å². The lowest BCUT2D eigenvalue weighted by atomic mass is 10.0. The maximum atomic E-state index is 12.4. The van der Waals surface area contributed by atoms with E-state index in [1.165, 1.54) is 128 Å². The van der Waals surface area contributed by atoms with Crippen molar-refractivity contribution >= 4 is 5.91 Å². The van der Waals surface area contributed by atoms with Gasteiger partial charge < -0.3 is 20.6 Å². The summed E-state index contributed by atoms with van der Waals surface area (Å²) >= 11 is 0. The molecule has 4 N–H and O–H groups in total. The van der Waals surface area contributed by atoms with Crippen LogP contribution in [0.1, 0.15) is 194 Å². The van der Waals surface area contributed by atoms with Crippen LogP contribution in [0.2, 0.25) is 0 Å². The molecule has 44 heavy (non-hydrogen) atoms. The summed E-state index contributed by atoms with van der Waals surface area (Å²) in [6, 6.07) is -0.798. The molecule has 5 nitrogen and oxygen atoms in total. The Morgan fingerprint density at radius 3 is 1.32 bits per heavy atom. The molecule has 3 unspecified atom stereocenters. The number of carbonyl (C=O) groups excluding carboxylic acids is 1. The van der Waals surface area contributed by atoms with E-state index < -0.39 is 24.2 Å². The standard InChI is InChI=1S/C39H75NO4/c1-3-5-7-9-11-13-15-17-19-21-23-25-27-29-31-33-37(42)36(35-41)40-39(44)38(43)34-32-30-28-26-24-22-20-18-16-14-12-10-8-6-4-2/h20,22,31,33,36-38,41-43H,3-19,21,23-30,32,34-35H2,1-2H3,(H,40,44)/b22-20-,33-31+. The fourth-order valence-electron chi connectivity index (χ4n) is 5.71. The maximum Gasteiger partial charge on any atom is 0.249 e. The van der Waals surface area contributed by atoms with Crippen molar-refractivity contribution in [2.24, 2.45) is 0 Å². The molecule has 260 valence electrons. The van der Waals surface area contributed by atoms with E-state index in [0.717, 1.165) is 44.9 Å². The van der Waals surface area contributed by atoms with Crippen LogP contribution in [-0.2, 0) is 4.79 Å². The van der Waals surface area contributed by atoms with E-state index in [1.807, 2.05) is 6.08 Å². The van der Waals surface area contributed by atoms with E-state index in [4.69, 9.17) is 0 Å². The summed E-state index contributed by atoms with van der Waals surface area (Å²) in [5, 5.41) is 33.0. The van der Waals surface area contributed by atoms with Gasteiger partial charge in [-0.1, -0.05) is 173 Å². The molecule has 0 radical (unpaired) electrons. The number of rotatable bonds is 34. The van der Waals surface area contributed by atoms with Gasteiger partial charge in [0.05, 0.1) is 18.8 Å². The van der Waals surface area contributed by atoms with Gasteiger partial charge in [0.15, 0.2) is 0 Å². The van der Waals surface area contributed by atoms with Crippen LogP contribution in [-0.4, -0.2) is 46.1 Å². The number of hydrogen-bond donors (Lipinski definition) is 4. The molecule has 0 spiro atoms. The molecule has 0 heterocycles. The Morgan fingerprint density at radius 2 is 0.909 bits per heavy atom. The number of aliphatic hydroxyl groups is 3. The second kappa shape index (κ2) is 34.7. The summed E-state index contributed by atoms with van der Waals surface area (Å²) in [5.41, 5.74) is 0. The zero-order valence-corrected chi connectivity index (χ0v) is 29.3. The van der Waals surface area contributed by atoms with Crippen molar-refractivity contribution in [1.82, 2.24) is 5.32 Å². The zero-order chi connectivity index (χ0) is 32.4. The van der Waals surface area contributed by atoms with E-state index >= 15 is 0 Å². The third kappa shape index (κ3) is 29.5. The van der Waals surface area contributed by atoms with Crippen LogP contribution in [0, 0.1) is 0 Å². The smallest absolute Gasteiger partial charge is 0.249 e. The molecule has 0 aliphatic heterocycles. The maximum absolute atomic E-state index is 12.4. The van der Waals surface area contributed by atoms with Gasteiger partial charge in [0.2, 0.25) is 5.91 Å². The van der Waals surface area contributed by atoms with Crippen molar-refractivity contribution < 1.29 is 20.1 Å². The number of amides is 1. The first-order valence-corrected chi connectivity index (χ1v) is 19.2. The summed E-state index contributed by atoms with van der Waals surface area (Å²) in [6.07, 6.45) is 40.5. The highest BCUT2D eigenvalue weighted by Crippen LogP contribution is 2.14. The van der Waals surface area contributed by atoms with Gasteiger partial charge in [-0.15, -0.1) is 0 Å². The number of carbonyl (C=O) groups is 1. The summed E-state index contributed by atoms with van der Waals surface area (Å²) in [5.74, 6) is -0.513. The Kier molecular flexibility index (Phi) is 33.8. The summed E-state index contributed by atoms with van der Waals surface area (Å²) in [6.45, 7) is 4.16. The molecule has 3 atom stereocenters. The van der Waals surface area contributed by atoms with Crippen LogP contribution in [0.5, 0.6) is 0 Å². The summed E-state index contributed by atoms with van der Waals surface area (Å²) in [4.78, 5) is 12.4. The molecule has 1 amide bonds. The molecule has 0 aliphatic carbocycles. The average molecular weight is 622 g/mol. The highest BCUT2D eigenvalue weighted by atomic mass is 16.3. The van der Waals surface area contributed by atoms with Gasteiger partial charge in [-0.25, -0.2) is 0 Å². The van der Waals surface area contributed by atoms with Gasteiger partial charge in [0, 0.05) is 0 Å². The molecule has 0 saturated carbocycles. The predicted molar refractivity (Wildman–Crippen MR) is 190 cm³/mol. The molecular formula is C39H75NO4. The molecule has 0 aliphatic rings. The van der Waals surface area contributed by atoms with E-state index in [1.54, 1.807) is 6.08 Å². The number of unbranched alkanes of at least 4 members (excludes halogenated alkanes) is 24. The lowest BCUT2D eigenvalue weighted by molar-refractivity contribution is -0.131. The Hall–Kier alpha value is -1.17. The minimum absolute atomic E-state index is 0.366. The summed E-state index contributed by atoms with van der Waals surface area (Å²) in [7, 11) is 0. The molecule has 0 rings (SSSR count). The third-order valence-electron chi connectivity index (χ3n) is 8.79. The minimum atomic E-state index is -1.10. The normalized spacial score (nSPS) is 14.0. The highest BCUT2D eigenvalue weighted by molar-refractivity contribution is 5.80. The number of hydrogen-bond acceptors (Lipinski definition) is 4.